The third-order valence-corrected chi connectivity index (χ3v) is 2.61. The van der Waals surface area contributed by atoms with Gasteiger partial charge in [0.05, 0.1) is 6.54 Å². The van der Waals surface area contributed by atoms with E-state index in [-0.39, 0.29) is 26.1 Å². The Bertz CT molecular complexity index is 455. The lowest BCUT2D eigenvalue weighted by Crippen LogP contribution is -2.38. The van der Waals surface area contributed by atoms with Gasteiger partial charge in [-0.1, -0.05) is 17.7 Å². The van der Waals surface area contributed by atoms with Crippen LogP contribution in [0.25, 0.3) is 0 Å². The van der Waals surface area contributed by atoms with E-state index in [1.54, 1.807) is 24.3 Å². The quantitative estimate of drug-likeness (QED) is 0.756. The highest BCUT2D eigenvalue weighted by Crippen LogP contribution is 2.20. The zero-order valence-electron chi connectivity index (χ0n) is 11.2. The molecule has 0 spiro atoms. The number of urea groups is 1. The highest BCUT2D eigenvalue weighted by molar-refractivity contribution is 6.30. The summed E-state index contributed by atoms with van der Waals surface area (Å²) in [5.74, 6) is 0.579. The number of hydrogen-bond donors (Lipinski definition) is 2. The van der Waals surface area contributed by atoms with Gasteiger partial charge >= 0.3 is 12.2 Å². The number of ether oxygens (including phenoxy) is 1. The van der Waals surface area contributed by atoms with E-state index in [0.29, 0.717) is 10.8 Å². The van der Waals surface area contributed by atoms with E-state index in [1.165, 1.54) is 0 Å². The molecule has 0 saturated heterocycles. The first-order valence-corrected chi connectivity index (χ1v) is 6.71. The largest absolute Gasteiger partial charge is 0.492 e. The maximum Gasteiger partial charge on any atom is 0.389 e. The van der Waals surface area contributed by atoms with E-state index >= 15 is 0 Å². The third kappa shape index (κ3) is 9.01. The first-order valence-electron chi connectivity index (χ1n) is 6.33. The van der Waals surface area contributed by atoms with Gasteiger partial charge in [-0.25, -0.2) is 4.79 Å². The monoisotopic (exact) mass is 324 g/mol. The maximum atomic E-state index is 11.9. The Morgan fingerprint density at radius 2 is 1.95 bits per heavy atom. The first-order chi connectivity index (χ1) is 9.87. The lowest BCUT2D eigenvalue weighted by molar-refractivity contribution is -0.135. The summed E-state index contributed by atoms with van der Waals surface area (Å²) in [6, 6.07) is 6.29. The van der Waals surface area contributed by atoms with Crippen LogP contribution < -0.4 is 15.4 Å². The molecule has 1 aromatic rings. The Hall–Kier alpha value is -1.63. The summed E-state index contributed by atoms with van der Waals surface area (Å²) in [6.07, 6.45) is -5.25. The zero-order valence-corrected chi connectivity index (χ0v) is 11.9. The average molecular weight is 325 g/mol. The summed E-state index contributed by atoms with van der Waals surface area (Å²) in [7, 11) is 0. The topological polar surface area (TPSA) is 50.4 Å². The molecule has 21 heavy (non-hydrogen) atoms. The van der Waals surface area contributed by atoms with Crippen LogP contribution in [0.15, 0.2) is 24.3 Å². The van der Waals surface area contributed by atoms with Crippen molar-refractivity contribution in [3.63, 3.8) is 0 Å². The van der Waals surface area contributed by atoms with Crippen LogP contribution in [-0.2, 0) is 0 Å². The summed E-state index contributed by atoms with van der Waals surface area (Å²) in [4.78, 5) is 11.3. The minimum Gasteiger partial charge on any atom is -0.492 e. The number of carbonyl (C=O) groups is 1. The molecule has 0 saturated carbocycles. The molecular weight excluding hydrogens is 309 g/mol. The second-order valence-electron chi connectivity index (χ2n) is 4.21. The summed E-state index contributed by atoms with van der Waals surface area (Å²) in [6.45, 7) is 0.439. The van der Waals surface area contributed by atoms with Crippen molar-refractivity contribution in [2.75, 3.05) is 19.7 Å². The fourth-order valence-corrected chi connectivity index (χ4v) is 1.62. The molecule has 2 N–H and O–H groups in total. The maximum absolute atomic E-state index is 11.9. The number of rotatable bonds is 7. The van der Waals surface area contributed by atoms with Gasteiger partial charge in [-0.3, -0.25) is 0 Å². The van der Waals surface area contributed by atoms with Crippen LogP contribution in [0.5, 0.6) is 5.75 Å². The van der Waals surface area contributed by atoms with Crippen LogP contribution in [0.4, 0.5) is 18.0 Å². The molecule has 0 aromatic heterocycles. The van der Waals surface area contributed by atoms with Crippen LogP contribution in [0.1, 0.15) is 12.8 Å². The summed E-state index contributed by atoms with van der Waals surface area (Å²) < 4.78 is 40.9. The Kier molecular flexibility index (Phi) is 7.14. The lowest BCUT2D eigenvalue weighted by atomic mass is 10.3. The number of amides is 2. The number of carbonyl (C=O) groups excluding carboxylic acids is 1. The second kappa shape index (κ2) is 8.61. The zero-order chi connectivity index (χ0) is 15.7. The summed E-state index contributed by atoms with van der Waals surface area (Å²) in [5.41, 5.74) is 0. The Labute approximate surface area is 125 Å². The molecule has 0 aliphatic carbocycles. The summed E-state index contributed by atoms with van der Waals surface area (Å²) in [5, 5.41) is 5.36. The molecule has 0 aliphatic heterocycles. The minimum atomic E-state index is -4.19. The normalized spacial score (nSPS) is 11.0. The van der Waals surface area contributed by atoms with Crippen molar-refractivity contribution in [1.29, 1.82) is 0 Å². The highest BCUT2D eigenvalue weighted by Gasteiger charge is 2.25. The first kappa shape index (κ1) is 17.4. The molecule has 4 nitrogen and oxygen atoms in total. The molecular formula is C13H16ClF3N2O2. The SMILES string of the molecule is O=C(NCCCC(F)(F)F)NCCOc1cccc(Cl)c1. The van der Waals surface area contributed by atoms with E-state index in [0.717, 1.165) is 0 Å². The van der Waals surface area contributed by atoms with Crippen LogP contribution in [-0.4, -0.2) is 31.9 Å². The number of halogens is 4. The highest BCUT2D eigenvalue weighted by atomic mass is 35.5. The smallest absolute Gasteiger partial charge is 0.389 e. The predicted octanol–water partition coefficient (Wildman–Crippen LogP) is 3.36. The molecule has 118 valence electrons. The van der Waals surface area contributed by atoms with Crippen LogP contribution in [0.3, 0.4) is 0 Å². The van der Waals surface area contributed by atoms with Gasteiger partial charge in [0.25, 0.3) is 0 Å². The van der Waals surface area contributed by atoms with Crippen molar-refractivity contribution in [3.05, 3.63) is 29.3 Å². The van der Waals surface area contributed by atoms with E-state index in [9.17, 15) is 18.0 Å². The Balaban J connectivity index is 2.06. The molecule has 0 bridgehead atoms. The van der Waals surface area contributed by atoms with E-state index in [4.69, 9.17) is 16.3 Å². The molecule has 1 rings (SSSR count). The average Bonchev–Trinajstić information content (AvgIpc) is 2.39. The standard InChI is InChI=1S/C13H16ClF3N2O2/c14-10-3-1-4-11(9-10)21-8-7-19-12(20)18-6-2-5-13(15,16)17/h1,3-4,9H,2,5-8H2,(H2,18,19,20). The van der Waals surface area contributed by atoms with Gasteiger partial charge in [-0.05, 0) is 24.6 Å². The van der Waals surface area contributed by atoms with Gasteiger partial charge in [0, 0.05) is 18.0 Å². The fourth-order valence-electron chi connectivity index (χ4n) is 1.44. The molecule has 0 radical (unpaired) electrons. The fraction of sp³-hybridized carbons (Fsp3) is 0.462. The molecule has 0 aliphatic rings. The molecule has 2 amide bonds. The van der Waals surface area contributed by atoms with Crippen molar-refractivity contribution >= 4 is 17.6 Å². The van der Waals surface area contributed by atoms with Crippen molar-refractivity contribution < 1.29 is 22.7 Å². The van der Waals surface area contributed by atoms with Gasteiger partial charge in [-0.2, -0.15) is 13.2 Å². The third-order valence-electron chi connectivity index (χ3n) is 2.38. The van der Waals surface area contributed by atoms with E-state index in [1.807, 2.05) is 0 Å². The summed E-state index contributed by atoms with van der Waals surface area (Å²) >= 11 is 5.77. The van der Waals surface area contributed by atoms with Crippen molar-refractivity contribution in [3.8, 4) is 5.75 Å². The van der Waals surface area contributed by atoms with Gasteiger partial charge in [0.2, 0.25) is 0 Å². The molecule has 0 heterocycles. The Morgan fingerprint density at radius 1 is 1.24 bits per heavy atom. The van der Waals surface area contributed by atoms with E-state index < -0.39 is 18.6 Å². The van der Waals surface area contributed by atoms with E-state index in [2.05, 4.69) is 10.6 Å². The lowest BCUT2D eigenvalue weighted by Gasteiger charge is -2.10. The second-order valence-corrected chi connectivity index (χ2v) is 4.64. The van der Waals surface area contributed by atoms with Gasteiger partial charge in [0.1, 0.15) is 12.4 Å². The van der Waals surface area contributed by atoms with Crippen LogP contribution in [0.2, 0.25) is 5.02 Å². The molecule has 8 heteroatoms. The van der Waals surface area contributed by atoms with Crippen molar-refractivity contribution in [1.82, 2.24) is 10.6 Å². The van der Waals surface area contributed by atoms with Crippen LogP contribution in [0, 0.1) is 0 Å². The predicted molar refractivity (Wildman–Crippen MR) is 73.6 cm³/mol. The molecule has 1 aromatic carbocycles. The Morgan fingerprint density at radius 3 is 2.62 bits per heavy atom. The number of nitrogens with one attached hydrogen (secondary N) is 2. The molecule has 0 unspecified atom stereocenters. The van der Waals surface area contributed by atoms with Crippen molar-refractivity contribution in [2.24, 2.45) is 0 Å². The van der Waals surface area contributed by atoms with Gasteiger partial charge in [-0.15, -0.1) is 0 Å². The van der Waals surface area contributed by atoms with Gasteiger partial charge < -0.3 is 15.4 Å². The molecule has 0 fully saturated rings. The number of alkyl halides is 3. The van der Waals surface area contributed by atoms with Gasteiger partial charge in [0.15, 0.2) is 0 Å². The molecule has 0 atom stereocenters. The number of hydrogen-bond acceptors (Lipinski definition) is 2. The minimum absolute atomic E-state index is 0.0273. The number of benzene rings is 1. The van der Waals surface area contributed by atoms with Crippen molar-refractivity contribution in [2.45, 2.75) is 19.0 Å². The van der Waals surface area contributed by atoms with Crippen LogP contribution >= 0.6 is 11.6 Å².